The van der Waals surface area contributed by atoms with E-state index in [0.717, 1.165) is 18.0 Å². The molecule has 1 saturated carbocycles. The van der Waals surface area contributed by atoms with E-state index in [1.807, 2.05) is 0 Å². The predicted octanol–water partition coefficient (Wildman–Crippen LogP) is 4.06. The van der Waals surface area contributed by atoms with Crippen molar-refractivity contribution in [3.63, 3.8) is 0 Å². The van der Waals surface area contributed by atoms with E-state index >= 15 is 0 Å². The van der Waals surface area contributed by atoms with Gasteiger partial charge >= 0.3 is 0 Å². The number of rotatable bonds is 6. The lowest BCUT2D eigenvalue weighted by atomic mass is 9.78. The number of hydrogen-bond donors (Lipinski definition) is 1. The molecule has 2 rings (SSSR count). The lowest BCUT2D eigenvalue weighted by molar-refractivity contribution is 0.146. The van der Waals surface area contributed by atoms with E-state index in [4.69, 9.17) is 0 Å². The molecule has 0 aromatic rings. The second kappa shape index (κ2) is 7.26. The summed E-state index contributed by atoms with van der Waals surface area (Å²) >= 11 is 0. The second-order valence-electron chi connectivity index (χ2n) is 8.09. The number of likely N-dealkylation sites (tertiary alicyclic amines) is 1. The smallest absolute Gasteiger partial charge is 0.00916 e. The van der Waals surface area contributed by atoms with Crippen molar-refractivity contribution in [1.29, 1.82) is 0 Å². The molecular weight excluding hydrogens is 244 g/mol. The van der Waals surface area contributed by atoms with Crippen LogP contribution in [0, 0.1) is 11.3 Å². The van der Waals surface area contributed by atoms with Gasteiger partial charge < -0.3 is 10.2 Å². The van der Waals surface area contributed by atoms with Crippen molar-refractivity contribution in [2.24, 2.45) is 11.3 Å². The molecule has 0 aromatic carbocycles. The van der Waals surface area contributed by atoms with Gasteiger partial charge in [-0.2, -0.15) is 0 Å². The van der Waals surface area contributed by atoms with Crippen molar-refractivity contribution in [3.05, 3.63) is 0 Å². The van der Waals surface area contributed by atoms with Gasteiger partial charge in [0.1, 0.15) is 0 Å². The first-order chi connectivity index (χ1) is 9.51. The SMILES string of the molecule is CC(C)CC1(CNC2CCN(C(C)C)CC2)CCCC1. The van der Waals surface area contributed by atoms with Gasteiger partial charge in [0.05, 0.1) is 0 Å². The number of nitrogens with zero attached hydrogens (tertiary/aromatic N) is 1. The van der Waals surface area contributed by atoms with Gasteiger partial charge in [-0.25, -0.2) is 0 Å². The van der Waals surface area contributed by atoms with Crippen molar-refractivity contribution in [2.75, 3.05) is 19.6 Å². The van der Waals surface area contributed by atoms with Crippen molar-refractivity contribution >= 4 is 0 Å². The van der Waals surface area contributed by atoms with Crippen molar-refractivity contribution < 1.29 is 0 Å². The number of piperidine rings is 1. The molecule has 2 aliphatic rings. The second-order valence-corrected chi connectivity index (χ2v) is 8.09. The van der Waals surface area contributed by atoms with E-state index in [1.165, 1.54) is 64.6 Å². The molecule has 1 N–H and O–H groups in total. The van der Waals surface area contributed by atoms with Gasteiger partial charge in [-0.05, 0) is 70.4 Å². The minimum Gasteiger partial charge on any atom is -0.313 e. The van der Waals surface area contributed by atoms with Crippen molar-refractivity contribution in [3.8, 4) is 0 Å². The molecule has 0 amide bonds. The highest BCUT2D eigenvalue weighted by atomic mass is 15.2. The molecule has 1 saturated heterocycles. The Hall–Kier alpha value is -0.0800. The maximum absolute atomic E-state index is 3.94. The largest absolute Gasteiger partial charge is 0.313 e. The minimum atomic E-state index is 0.628. The topological polar surface area (TPSA) is 15.3 Å². The first-order valence-electron chi connectivity index (χ1n) is 8.98. The summed E-state index contributed by atoms with van der Waals surface area (Å²) in [5.74, 6) is 0.845. The molecule has 118 valence electrons. The summed E-state index contributed by atoms with van der Waals surface area (Å²) in [5.41, 5.74) is 0.628. The van der Waals surface area contributed by atoms with Gasteiger partial charge in [0.2, 0.25) is 0 Å². The molecule has 2 heteroatoms. The summed E-state index contributed by atoms with van der Waals surface area (Å²) in [7, 11) is 0. The minimum absolute atomic E-state index is 0.628. The van der Waals surface area contributed by atoms with E-state index in [1.54, 1.807) is 0 Å². The molecule has 1 aliphatic carbocycles. The summed E-state index contributed by atoms with van der Waals surface area (Å²) < 4.78 is 0. The third kappa shape index (κ3) is 4.46. The van der Waals surface area contributed by atoms with Crippen LogP contribution < -0.4 is 5.32 Å². The molecule has 1 aliphatic heterocycles. The zero-order valence-corrected chi connectivity index (χ0v) is 14.3. The maximum Gasteiger partial charge on any atom is 0.00916 e. The van der Waals surface area contributed by atoms with E-state index in [2.05, 4.69) is 37.9 Å². The highest BCUT2D eigenvalue weighted by Gasteiger charge is 2.34. The Kier molecular flexibility index (Phi) is 5.92. The van der Waals surface area contributed by atoms with Gasteiger partial charge in [-0.3, -0.25) is 0 Å². The van der Waals surface area contributed by atoms with Crippen LogP contribution in [0.1, 0.15) is 72.6 Å². The van der Waals surface area contributed by atoms with E-state index in [0.29, 0.717) is 5.41 Å². The number of nitrogens with one attached hydrogen (secondary N) is 1. The Morgan fingerprint density at radius 1 is 1.05 bits per heavy atom. The van der Waals surface area contributed by atoms with Crippen LogP contribution in [0.2, 0.25) is 0 Å². The molecular formula is C18H36N2. The quantitative estimate of drug-likeness (QED) is 0.789. The van der Waals surface area contributed by atoms with Crippen LogP contribution in [0.15, 0.2) is 0 Å². The van der Waals surface area contributed by atoms with Crippen LogP contribution in [0.25, 0.3) is 0 Å². The summed E-state index contributed by atoms with van der Waals surface area (Å²) in [6.07, 6.45) is 9.95. The fraction of sp³-hybridized carbons (Fsp3) is 1.00. The van der Waals surface area contributed by atoms with Crippen LogP contribution in [-0.4, -0.2) is 36.6 Å². The molecule has 0 spiro atoms. The van der Waals surface area contributed by atoms with Crippen LogP contribution in [0.5, 0.6) is 0 Å². The zero-order chi connectivity index (χ0) is 14.6. The van der Waals surface area contributed by atoms with Crippen LogP contribution in [0.3, 0.4) is 0 Å². The average Bonchev–Trinajstić information content (AvgIpc) is 2.85. The fourth-order valence-electron chi connectivity index (χ4n) is 4.42. The Bertz CT molecular complexity index is 271. The maximum atomic E-state index is 3.94. The lowest BCUT2D eigenvalue weighted by Gasteiger charge is -2.38. The third-order valence-corrected chi connectivity index (χ3v) is 5.53. The highest BCUT2D eigenvalue weighted by molar-refractivity contribution is 4.89. The van der Waals surface area contributed by atoms with E-state index in [9.17, 15) is 0 Å². The van der Waals surface area contributed by atoms with Crippen molar-refractivity contribution in [2.45, 2.75) is 84.7 Å². The van der Waals surface area contributed by atoms with Crippen LogP contribution in [-0.2, 0) is 0 Å². The normalized spacial score (nSPS) is 24.9. The van der Waals surface area contributed by atoms with E-state index < -0.39 is 0 Å². The predicted molar refractivity (Wildman–Crippen MR) is 88.1 cm³/mol. The zero-order valence-electron chi connectivity index (χ0n) is 14.3. The standard InChI is InChI=1S/C18H36N2/c1-15(2)13-18(9-5-6-10-18)14-19-17-7-11-20(12-8-17)16(3)4/h15-17,19H,5-14H2,1-4H3. The summed E-state index contributed by atoms with van der Waals surface area (Å²) in [5, 5.41) is 3.94. The van der Waals surface area contributed by atoms with Gasteiger partial charge in [0.25, 0.3) is 0 Å². The molecule has 0 radical (unpaired) electrons. The molecule has 0 atom stereocenters. The third-order valence-electron chi connectivity index (χ3n) is 5.53. The first-order valence-corrected chi connectivity index (χ1v) is 8.98. The number of hydrogen-bond acceptors (Lipinski definition) is 2. The molecule has 0 unspecified atom stereocenters. The molecule has 1 heterocycles. The van der Waals surface area contributed by atoms with Gasteiger partial charge in [0, 0.05) is 18.6 Å². The van der Waals surface area contributed by atoms with Gasteiger partial charge in [-0.1, -0.05) is 26.7 Å². The first kappa shape index (κ1) is 16.3. The molecule has 0 aromatic heterocycles. The van der Waals surface area contributed by atoms with E-state index in [-0.39, 0.29) is 0 Å². The monoisotopic (exact) mass is 280 g/mol. The Morgan fingerprint density at radius 3 is 2.15 bits per heavy atom. The fourth-order valence-corrected chi connectivity index (χ4v) is 4.42. The summed E-state index contributed by atoms with van der Waals surface area (Å²) in [4.78, 5) is 2.62. The molecule has 20 heavy (non-hydrogen) atoms. The van der Waals surface area contributed by atoms with Crippen LogP contribution in [0.4, 0.5) is 0 Å². The molecule has 2 fully saturated rings. The lowest BCUT2D eigenvalue weighted by Crippen LogP contribution is -2.47. The Morgan fingerprint density at radius 2 is 1.65 bits per heavy atom. The summed E-state index contributed by atoms with van der Waals surface area (Å²) in [6, 6.07) is 1.49. The molecule has 2 nitrogen and oxygen atoms in total. The van der Waals surface area contributed by atoms with Crippen LogP contribution >= 0.6 is 0 Å². The van der Waals surface area contributed by atoms with Crippen molar-refractivity contribution in [1.82, 2.24) is 10.2 Å². The van der Waals surface area contributed by atoms with Gasteiger partial charge in [0.15, 0.2) is 0 Å². The van der Waals surface area contributed by atoms with Gasteiger partial charge in [-0.15, -0.1) is 0 Å². The summed E-state index contributed by atoms with van der Waals surface area (Å²) in [6.45, 7) is 13.3. The Balaban J connectivity index is 1.76. The molecule has 0 bridgehead atoms. The highest BCUT2D eigenvalue weighted by Crippen LogP contribution is 2.42. The Labute approximate surface area is 126 Å². The average molecular weight is 280 g/mol.